The fourth-order valence-corrected chi connectivity index (χ4v) is 5.51. The Morgan fingerprint density at radius 1 is 0.739 bits per heavy atom. The third-order valence-corrected chi connectivity index (χ3v) is 7.07. The standard InChI is InChI=1S/C21H32N2/c1-3-7-19(8-4-1)21(23-17-5-2-6-18-23)11-9-20(10-12-21)13-15-22-16-14-20/h1,3-4,7-8,22H,2,5-6,9-18H2. The molecule has 1 aromatic carbocycles. The lowest BCUT2D eigenvalue weighted by molar-refractivity contribution is -0.0179. The maximum absolute atomic E-state index is 3.56. The molecule has 0 unspecified atom stereocenters. The van der Waals surface area contributed by atoms with Gasteiger partial charge in [0, 0.05) is 5.54 Å². The normalized spacial score (nSPS) is 27.8. The van der Waals surface area contributed by atoms with Crippen molar-refractivity contribution in [1.82, 2.24) is 10.2 Å². The summed E-state index contributed by atoms with van der Waals surface area (Å²) in [5.41, 5.74) is 2.57. The van der Waals surface area contributed by atoms with Crippen molar-refractivity contribution in [2.24, 2.45) is 5.41 Å². The number of rotatable bonds is 2. The van der Waals surface area contributed by atoms with Crippen LogP contribution >= 0.6 is 0 Å². The summed E-state index contributed by atoms with van der Waals surface area (Å²) >= 11 is 0. The van der Waals surface area contributed by atoms with E-state index in [4.69, 9.17) is 0 Å². The molecule has 2 heterocycles. The maximum Gasteiger partial charge on any atom is 0.0461 e. The fraction of sp³-hybridized carbons (Fsp3) is 0.714. The van der Waals surface area contributed by atoms with Crippen molar-refractivity contribution in [3.63, 3.8) is 0 Å². The van der Waals surface area contributed by atoms with Crippen molar-refractivity contribution in [2.75, 3.05) is 26.2 Å². The molecule has 1 saturated carbocycles. The predicted octanol–water partition coefficient (Wildman–Crippen LogP) is 4.31. The molecule has 2 saturated heterocycles. The molecule has 126 valence electrons. The Kier molecular flexibility index (Phi) is 4.47. The van der Waals surface area contributed by atoms with Crippen LogP contribution in [0.15, 0.2) is 30.3 Å². The summed E-state index contributed by atoms with van der Waals surface area (Å²) in [5, 5.41) is 3.56. The summed E-state index contributed by atoms with van der Waals surface area (Å²) in [4.78, 5) is 2.86. The van der Waals surface area contributed by atoms with Crippen LogP contribution in [0.5, 0.6) is 0 Å². The summed E-state index contributed by atoms with van der Waals surface area (Å²) in [6, 6.07) is 11.5. The summed E-state index contributed by atoms with van der Waals surface area (Å²) < 4.78 is 0. The Hall–Kier alpha value is -0.860. The fourth-order valence-electron chi connectivity index (χ4n) is 5.51. The van der Waals surface area contributed by atoms with Gasteiger partial charge in [0.05, 0.1) is 0 Å². The monoisotopic (exact) mass is 312 g/mol. The van der Waals surface area contributed by atoms with Crippen molar-refractivity contribution in [1.29, 1.82) is 0 Å². The highest BCUT2D eigenvalue weighted by atomic mass is 15.2. The summed E-state index contributed by atoms with van der Waals surface area (Å²) in [6.07, 6.45) is 12.6. The van der Waals surface area contributed by atoms with E-state index in [9.17, 15) is 0 Å². The van der Waals surface area contributed by atoms with Crippen molar-refractivity contribution in [2.45, 2.75) is 63.3 Å². The molecular weight excluding hydrogens is 280 g/mol. The minimum absolute atomic E-state index is 0.331. The SMILES string of the molecule is c1ccc(C2(N3CCCCC3)CCC3(CCNCC3)CC2)cc1. The van der Waals surface area contributed by atoms with Gasteiger partial charge in [0.25, 0.3) is 0 Å². The molecule has 2 aliphatic heterocycles. The smallest absolute Gasteiger partial charge is 0.0461 e. The van der Waals surface area contributed by atoms with Gasteiger partial charge in [0.15, 0.2) is 0 Å². The van der Waals surface area contributed by atoms with Gasteiger partial charge in [-0.1, -0.05) is 36.8 Å². The summed E-state index contributed by atoms with van der Waals surface area (Å²) in [6.45, 7) is 5.09. The van der Waals surface area contributed by atoms with Crippen LogP contribution in [0.4, 0.5) is 0 Å². The molecule has 0 atom stereocenters. The van der Waals surface area contributed by atoms with E-state index in [1.165, 1.54) is 84.0 Å². The number of likely N-dealkylation sites (tertiary alicyclic amines) is 1. The van der Waals surface area contributed by atoms with Crippen molar-refractivity contribution in [3.05, 3.63) is 35.9 Å². The first-order chi connectivity index (χ1) is 11.3. The van der Waals surface area contributed by atoms with Gasteiger partial charge < -0.3 is 5.32 Å². The maximum atomic E-state index is 3.56. The quantitative estimate of drug-likeness (QED) is 0.875. The second-order valence-electron chi connectivity index (χ2n) is 8.20. The third kappa shape index (κ3) is 2.96. The van der Waals surface area contributed by atoms with E-state index in [1.54, 1.807) is 5.56 Å². The third-order valence-electron chi connectivity index (χ3n) is 7.07. The molecule has 2 heteroatoms. The highest BCUT2D eigenvalue weighted by molar-refractivity contribution is 5.26. The van der Waals surface area contributed by atoms with Crippen LogP contribution in [0.2, 0.25) is 0 Å². The molecule has 0 bridgehead atoms. The largest absolute Gasteiger partial charge is 0.317 e. The van der Waals surface area contributed by atoms with E-state index in [0.717, 1.165) is 0 Å². The number of nitrogens with one attached hydrogen (secondary N) is 1. The van der Waals surface area contributed by atoms with Crippen LogP contribution in [0.1, 0.15) is 63.4 Å². The lowest BCUT2D eigenvalue weighted by atomic mass is 9.61. The van der Waals surface area contributed by atoms with Gasteiger partial charge in [0.1, 0.15) is 0 Å². The first-order valence-corrected chi connectivity index (χ1v) is 9.85. The van der Waals surface area contributed by atoms with Crippen LogP contribution in [0.3, 0.4) is 0 Å². The molecule has 23 heavy (non-hydrogen) atoms. The van der Waals surface area contributed by atoms with E-state index in [1.807, 2.05) is 0 Å². The molecule has 3 fully saturated rings. The zero-order valence-corrected chi connectivity index (χ0v) is 14.5. The average molecular weight is 313 g/mol. The molecular formula is C21H32N2. The average Bonchev–Trinajstić information content (AvgIpc) is 2.65. The molecule has 2 nitrogen and oxygen atoms in total. The van der Waals surface area contributed by atoms with Crippen LogP contribution in [-0.2, 0) is 5.54 Å². The predicted molar refractivity (Wildman–Crippen MR) is 96.5 cm³/mol. The molecule has 1 spiro atoms. The Morgan fingerprint density at radius 3 is 2.04 bits per heavy atom. The van der Waals surface area contributed by atoms with Crippen molar-refractivity contribution in [3.8, 4) is 0 Å². The van der Waals surface area contributed by atoms with Gasteiger partial charge in [-0.05, 0) is 88.5 Å². The topological polar surface area (TPSA) is 15.3 Å². The Morgan fingerprint density at radius 2 is 1.39 bits per heavy atom. The Labute approximate surface area is 141 Å². The molecule has 0 aromatic heterocycles. The van der Waals surface area contributed by atoms with Crippen LogP contribution in [0, 0.1) is 5.41 Å². The molecule has 1 N–H and O–H groups in total. The molecule has 3 aliphatic rings. The number of piperidine rings is 2. The molecule has 0 amide bonds. The van der Waals surface area contributed by atoms with Gasteiger partial charge in [-0.15, -0.1) is 0 Å². The van der Waals surface area contributed by atoms with Gasteiger partial charge in [-0.2, -0.15) is 0 Å². The molecule has 1 aliphatic carbocycles. The first-order valence-electron chi connectivity index (χ1n) is 9.85. The first kappa shape index (κ1) is 15.7. The van der Waals surface area contributed by atoms with Crippen LogP contribution in [0.25, 0.3) is 0 Å². The van der Waals surface area contributed by atoms with E-state index < -0.39 is 0 Å². The van der Waals surface area contributed by atoms with Gasteiger partial charge in [-0.3, -0.25) is 4.90 Å². The van der Waals surface area contributed by atoms with E-state index in [0.29, 0.717) is 11.0 Å². The van der Waals surface area contributed by atoms with Crippen LogP contribution < -0.4 is 5.32 Å². The van der Waals surface area contributed by atoms with Gasteiger partial charge in [0.2, 0.25) is 0 Å². The molecule has 1 aromatic rings. The van der Waals surface area contributed by atoms with Crippen molar-refractivity contribution < 1.29 is 0 Å². The number of hydrogen-bond acceptors (Lipinski definition) is 2. The number of hydrogen-bond donors (Lipinski definition) is 1. The Balaban J connectivity index is 1.60. The second-order valence-corrected chi connectivity index (χ2v) is 8.20. The van der Waals surface area contributed by atoms with Gasteiger partial charge in [-0.25, -0.2) is 0 Å². The lowest BCUT2D eigenvalue weighted by Gasteiger charge is -2.54. The van der Waals surface area contributed by atoms with Crippen molar-refractivity contribution >= 4 is 0 Å². The second kappa shape index (κ2) is 6.57. The zero-order chi connectivity index (χ0) is 15.6. The molecule has 4 rings (SSSR count). The lowest BCUT2D eigenvalue weighted by Crippen LogP contribution is -2.53. The summed E-state index contributed by atoms with van der Waals surface area (Å²) in [5.74, 6) is 0. The highest BCUT2D eigenvalue weighted by Gasteiger charge is 2.46. The number of nitrogens with zero attached hydrogens (tertiary/aromatic N) is 1. The van der Waals surface area contributed by atoms with E-state index >= 15 is 0 Å². The molecule has 0 radical (unpaired) electrons. The van der Waals surface area contributed by atoms with E-state index in [2.05, 4.69) is 40.5 Å². The minimum Gasteiger partial charge on any atom is -0.317 e. The van der Waals surface area contributed by atoms with Crippen LogP contribution in [-0.4, -0.2) is 31.1 Å². The number of benzene rings is 1. The zero-order valence-electron chi connectivity index (χ0n) is 14.5. The summed E-state index contributed by atoms with van der Waals surface area (Å²) in [7, 11) is 0. The van der Waals surface area contributed by atoms with E-state index in [-0.39, 0.29) is 0 Å². The van der Waals surface area contributed by atoms with Gasteiger partial charge >= 0.3 is 0 Å². The minimum atomic E-state index is 0.331. The Bertz CT molecular complexity index is 488. The highest BCUT2D eigenvalue weighted by Crippen LogP contribution is 2.52.